The third kappa shape index (κ3) is 3.65. The van der Waals surface area contributed by atoms with Crippen LogP contribution in [0.4, 0.5) is 9.18 Å². The van der Waals surface area contributed by atoms with E-state index in [-0.39, 0.29) is 18.6 Å². The summed E-state index contributed by atoms with van der Waals surface area (Å²) in [6, 6.07) is -1.05. The van der Waals surface area contributed by atoms with E-state index in [9.17, 15) is 29.0 Å². The van der Waals surface area contributed by atoms with Gasteiger partial charge in [0.05, 0.1) is 18.8 Å². The molecule has 1 heterocycles. The first-order valence-corrected chi connectivity index (χ1v) is 8.33. The summed E-state index contributed by atoms with van der Waals surface area (Å²) in [6.07, 6.45) is -4.26. The van der Waals surface area contributed by atoms with Crippen molar-refractivity contribution >= 4 is 6.16 Å². The van der Waals surface area contributed by atoms with Crippen LogP contribution in [0.5, 0.6) is 0 Å². The fraction of sp³-hybridized carbons (Fsp3) is 0.688. The van der Waals surface area contributed by atoms with Gasteiger partial charge >= 0.3 is 11.8 Å². The van der Waals surface area contributed by atoms with Gasteiger partial charge in [0.2, 0.25) is 0 Å². The zero-order valence-corrected chi connectivity index (χ0v) is 14.8. The first-order valence-electron chi connectivity index (χ1n) is 8.33. The van der Waals surface area contributed by atoms with Gasteiger partial charge in [-0.2, -0.15) is 0 Å². The SMILES string of the molecule is CCOC(=O)OC(C)n1c(=O)c(C)cn([C@@H]2C[C@H](CO)[C@@H](O)[C@@H]2F)c1=O. The van der Waals surface area contributed by atoms with Crippen LogP contribution in [-0.2, 0) is 9.47 Å². The Balaban J connectivity index is 2.45. The van der Waals surface area contributed by atoms with Gasteiger partial charge in [0, 0.05) is 24.3 Å². The second-order valence-electron chi connectivity index (χ2n) is 6.26. The van der Waals surface area contributed by atoms with Gasteiger partial charge in [0.15, 0.2) is 6.23 Å². The van der Waals surface area contributed by atoms with E-state index in [4.69, 9.17) is 4.74 Å². The molecule has 0 radical (unpaired) electrons. The molecule has 0 spiro atoms. The number of hydrogen-bond acceptors (Lipinski definition) is 7. The highest BCUT2D eigenvalue weighted by atomic mass is 19.1. The van der Waals surface area contributed by atoms with Crippen molar-refractivity contribution in [2.24, 2.45) is 5.92 Å². The molecule has 9 nitrogen and oxygen atoms in total. The van der Waals surface area contributed by atoms with Gasteiger partial charge < -0.3 is 19.7 Å². The van der Waals surface area contributed by atoms with Crippen LogP contribution in [0.2, 0.25) is 0 Å². The van der Waals surface area contributed by atoms with Crippen LogP contribution in [0.25, 0.3) is 0 Å². The molecule has 1 aliphatic rings. The Hall–Kier alpha value is -2.20. The highest BCUT2D eigenvalue weighted by Crippen LogP contribution is 2.36. The first kappa shape index (κ1) is 20.1. The number of alkyl halides is 1. The fourth-order valence-electron chi connectivity index (χ4n) is 3.14. The Morgan fingerprint density at radius 2 is 2.12 bits per heavy atom. The van der Waals surface area contributed by atoms with E-state index in [0.717, 1.165) is 4.57 Å². The predicted octanol–water partition coefficient (Wildman–Crippen LogP) is 0.262. The zero-order chi connectivity index (χ0) is 19.6. The molecule has 1 saturated carbocycles. The van der Waals surface area contributed by atoms with Crippen molar-refractivity contribution in [1.29, 1.82) is 0 Å². The molecule has 0 saturated heterocycles. The summed E-state index contributed by atoms with van der Waals surface area (Å²) in [5.41, 5.74) is -1.43. The lowest BCUT2D eigenvalue weighted by molar-refractivity contribution is 0.00199. The lowest BCUT2D eigenvalue weighted by atomic mass is 10.1. The molecule has 1 unspecified atom stereocenters. The topological polar surface area (TPSA) is 120 Å². The van der Waals surface area contributed by atoms with Gasteiger partial charge in [0.25, 0.3) is 5.56 Å². The highest BCUT2D eigenvalue weighted by Gasteiger charge is 2.44. The maximum absolute atomic E-state index is 14.4. The molecule has 2 rings (SSSR count). The van der Waals surface area contributed by atoms with E-state index in [2.05, 4.69) is 4.74 Å². The first-order chi connectivity index (χ1) is 12.2. The predicted molar refractivity (Wildman–Crippen MR) is 87.6 cm³/mol. The van der Waals surface area contributed by atoms with Gasteiger partial charge in [0.1, 0.15) is 6.17 Å². The minimum absolute atomic E-state index is 0.0312. The van der Waals surface area contributed by atoms with E-state index in [1.54, 1.807) is 6.92 Å². The van der Waals surface area contributed by atoms with Crippen LogP contribution in [0, 0.1) is 12.8 Å². The van der Waals surface area contributed by atoms with Crippen molar-refractivity contribution in [3.05, 3.63) is 32.6 Å². The second-order valence-corrected chi connectivity index (χ2v) is 6.26. The molecule has 1 fully saturated rings. The average Bonchev–Trinajstić information content (AvgIpc) is 2.86. The molecule has 26 heavy (non-hydrogen) atoms. The molecule has 10 heteroatoms. The van der Waals surface area contributed by atoms with Gasteiger partial charge in [-0.1, -0.05) is 0 Å². The molecule has 1 aromatic heterocycles. The summed E-state index contributed by atoms with van der Waals surface area (Å²) in [4.78, 5) is 36.5. The molecule has 0 aromatic carbocycles. The number of aliphatic hydroxyl groups excluding tert-OH is 2. The average molecular weight is 374 g/mol. The summed E-state index contributed by atoms with van der Waals surface area (Å²) in [5.74, 6) is -0.712. The third-order valence-corrected chi connectivity index (χ3v) is 4.52. The van der Waals surface area contributed by atoms with E-state index >= 15 is 0 Å². The number of nitrogens with zero attached hydrogens (tertiary/aromatic N) is 2. The number of carbonyl (C=O) groups excluding carboxylic acids is 1. The standard InChI is InChI=1S/C16H23FN2O7/c1-4-25-16(24)26-9(3)19-14(22)8(2)6-18(15(19)23)11-5-10(7-20)13(21)12(11)17/h6,9-13,20-21H,4-5,7H2,1-3H3/t9?,10-,11-,12-,13-/m1/s1. The Bertz CT molecular complexity index is 775. The normalized spacial score (nSPS) is 26.5. The molecule has 1 aromatic rings. The Kier molecular flexibility index (Phi) is 6.19. The zero-order valence-electron chi connectivity index (χ0n) is 14.8. The van der Waals surface area contributed by atoms with Crippen molar-refractivity contribution < 1.29 is 28.9 Å². The van der Waals surface area contributed by atoms with Crippen LogP contribution < -0.4 is 11.2 Å². The molecular weight excluding hydrogens is 351 g/mol. The van der Waals surface area contributed by atoms with E-state index in [1.165, 1.54) is 20.0 Å². The number of rotatable bonds is 5. The van der Waals surface area contributed by atoms with E-state index < -0.39 is 54.5 Å². The van der Waals surface area contributed by atoms with Crippen LogP contribution in [0.3, 0.4) is 0 Å². The van der Waals surface area contributed by atoms with Crippen molar-refractivity contribution in [1.82, 2.24) is 9.13 Å². The molecule has 0 amide bonds. The molecule has 0 bridgehead atoms. The van der Waals surface area contributed by atoms with Crippen LogP contribution in [-0.4, -0.2) is 51.0 Å². The number of aliphatic hydroxyl groups is 2. The lowest BCUT2D eigenvalue weighted by Gasteiger charge is -2.21. The third-order valence-electron chi connectivity index (χ3n) is 4.52. The number of ether oxygens (including phenoxy) is 2. The maximum atomic E-state index is 14.4. The van der Waals surface area contributed by atoms with Crippen LogP contribution >= 0.6 is 0 Å². The fourth-order valence-corrected chi connectivity index (χ4v) is 3.14. The minimum atomic E-state index is -1.78. The maximum Gasteiger partial charge on any atom is 0.510 e. The van der Waals surface area contributed by atoms with Crippen molar-refractivity contribution in [3.63, 3.8) is 0 Å². The van der Waals surface area contributed by atoms with Gasteiger partial charge in [-0.15, -0.1) is 0 Å². The van der Waals surface area contributed by atoms with Gasteiger partial charge in [-0.3, -0.25) is 9.36 Å². The lowest BCUT2D eigenvalue weighted by Crippen LogP contribution is -2.45. The van der Waals surface area contributed by atoms with Crippen LogP contribution in [0.1, 0.15) is 38.1 Å². The Labute approximate surface area is 148 Å². The minimum Gasteiger partial charge on any atom is -0.435 e. The molecule has 1 aliphatic carbocycles. The molecule has 5 atom stereocenters. The Morgan fingerprint density at radius 3 is 2.65 bits per heavy atom. The van der Waals surface area contributed by atoms with Crippen molar-refractivity contribution in [3.8, 4) is 0 Å². The summed E-state index contributed by atoms with van der Waals surface area (Å²) >= 11 is 0. The number of aryl methyl sites for hydroxylation is 1. The Morgan fingerprint density at radius 1 is 1.46 bits per heavy atom. The molecular formula is C16H23FN2O7. The molecule has 146 valence electrons. The second kappa shape index (κ2) is 8.00. The van der Waals surface area contributed by atoms with Gasteiger partial charge in [-0.05, 0) is 27.2 Å². The summed E-state index contributed by atoms with van der Waals surface area (Å²) in [6.45, 7) is 3.96. The van der Waals surface area contributed by atoms with Crippen molar-refractivity contribution in [2.45, 2.75) is 51.7 Å². The quantitative estimate of drug-likeness (QED) is 0.710. The summed E-state index contributed by atoms with van der Waals surface area (Å²) in [5, 5.41) is 19.1. The van der Waals surface area contributed by atoms with Gasteiger partial charge in [-0.25, -0.2) is 18.5 Å². The largest absolute Gasteiger partial charge is 0.510 e. The monoisotopic (exact) mass is 374 g/mol. The molecule has 0 aliphatic heterocycles. The van der Waals surface area contributed by atoms with Crippen molar-refractivity contribution in [2.75, 3.05) is 13.2 Å². The number of aromatic nitrogens is 2. The molecule has 2 N–H and O–H groups in total. The number of halogens is 1. The smallest absolute Gasteiger partial charge is 0.435 e. The summed E-state index contributed by atoms with van der Waals surface area (Å²) in [7, 11) is 0. The highest BCUT2D eigenvalue weighted by molar-refractivity contribution is 5.59. The summed E-state index contributed by atoms with van der Waals surface area (Å²) < 4.78 is 25.7. The number of hydrogen-bond donors (Lipinski definition) is 2. The van der Waals surface area contributed by atoms with E-state index in [0.29, 0.717) is 4.57 Å². The van der Waals surface area contributed by atoms with E-state index in [1.807, 2.05) is 0 Å². The number of carbonyl (C=O) groups is 1. The van der Waals surface area contributed by atoms with Crippen LogP contribution in [0.15, 0.2) is 15.8 Å².